The highest BCUT2D eigenvalue weighted by atomic mass is 16.3. The minimum absolute atomic E-state index is 0.0630. The highest BCUT2D eigenvalue weighted by molar-refractivity contribution is 5.77. The summed E-state index contributed by atoms with van der Waals surface area (Å²) in [6, 6.07) is 8.78. The third-order valence-corrected chi connectivity index (χ3v) is 6.10. The minimum atomic E-state index is -0.587. The Morgan fingerprint density at radius 1 is 1.26 bits per heavy atom. The number of carbonyl (C=O) groups is 2. The van der Waals surface area contributed by atoms with E-state index in [-0.39, 0.29) is 24.6 Å². The van der Waals surface area contributed by atoms with Crippen LogP contribution in [-0.2, 0) is 16.9 Å². The highest BCUT2D eigenvalue weighted by Crippen LogP contribution is 2.38. The Morgan fingerprint density at radius 3 is 2.61 bits per heavy atom. The van der Waals surface area contributed by atoms with Gasteiger partial charge in [0.25, 0.3) is 0 Å². The van der Waals surface area contributed by atoms with Gasteiger partial charge >= 0.3 is 6.03 Å². The van der Waals surface area contributed by atoms with Crippen LogP contribution in [0.4, 0.5) is 10.7 Å². The molecule has 2 aliphatic heterocycles. The molecule has 0 saturated carbocycles. The fraction of sp³-hybridized carbons (Fsp3) is 0.455. The van der Waals surface area contributed by atoms with Crippen LogP contribution in [0.15, 0.2) is 36.5 Å². The summed E-state index contributed by atoms with van der Waals surface area (Å²) in [4.78, 5) is 37.0. The molecule has 0 spiro atoms. The lowest BCUT2D eigenvalue weighted by atomic mass is 9.97. The van der Waals surface area contributed by atoms with Crippen molar-refractivity contribution in [3.63, 3.8) is 0 Å². The molecule has 3 amide bonds. The number of carbonyl (C=O) groups excluding carboxylic acids is 2. The molecule has 3 heterocycles. The number of hydrogen-bond donors (Lipinski definition) is 3. The molecule has 9 nitrogen and oxygen atoms in total. The molecule has 9 heteroatoms. The fourth-order valence-electron chi connectivity index (χ4n) is 4.09. The Hall–Kier alpha value is -3.20. The first-order chi connectivity index (χ1) is 14.8. The highest BCUT2D eigenvalue weighted by Gasteiger charge is 2.42. The van der Waals surface area contributed by atoms with Crippen LogP contribution in [-0.4, -0.2) is 62.6 Å². The Labute approximate surface area is 181 Å². The topological polar surface area (TPSA) is 111 Å². The third kappa shape index (κ3) is 4.05. The second-order valence-corrected chi connectivity index (χ2v) is 8.56. The molecule has 1 atom stereocenters. The van der Waals surface area contributed by atoms with Gasteiger partial charge in [-0.1, -0.05) is 30.3 Å². The van der Waals surface area contributed by atoms with E-state index < -0.39 is 11.6 Å². The van der Waals surface area contributed by atoms with Gasteiger partial charge in [-0.25, -0.2) is 14.8 Å². The number of amides is 3. The summed E-state index contributed by atoms with van der Waals surface area (Å²) in [6.07, 6.45) is 1.76. The Bertz CT molecular complexity index is 974. The quantitative estimate of drug-likeness (QED) is 0.673. The molecule has 0 unspecified atom stereocenters. The van der Waals surface area contributed by atoms with E-state index in [0.29, 0.717) is 25.6 Å². The van der Waals surface area contributed by atoms with Gasteiger partial charge in [-0.15, -0.1) is 0 Å². The number of rotatable bonds is 5. The van der Waals surface area contributed by atoms with Gasteiger partial charge < -0.3 is 25.5 Å². The lowest BCUT2D eigenvalue weighted by molar-refractivity contribution is -0.132. The summed E-state index contributed by atoms with van der Waals surface area (Å²) >= 11 is 0. The van der Waals surface area contributed by atoms with Crippen molar-refractivity contribution in [2.45, 2.75) is 44.9 Å². The average molecular weight is 425 g/mol. The number of hydrogen-bond acceptors (Lipinski definition) is 6. The van der Waals surface area contributed by atoms with Crippen LogP contribution in [0.3, 0.4) is 0 Å². The molecular formula is C22H28N6O3. The number of benzene rings is 1. The monoisotopic (exact) mass is 424 g/mol. The molecule has 0 aliphatic carbocycles. The largest absolute Gasteiger partial charge is 0.394 e. The number of urea groups is 1. The summed E-state index contributed by atoms with van der Waals surface area (Å²) < 4.78 is 0. The molecule has 0 radical (unpaired) electrons. The van der Waals surface area contributed by atoms with Gasteiger partial charge in [-0.2, -0.15) is 0 Å². The number of nitrogens with zero attached hydrogens (tertiary/aromatic N) is 4. The molecule has 164 valence electrons. The minimum Gasteiger partial charge on any atom is -0.394 e. The van der Waals surface area contributed by atoms with E-state index in [2.05, 4.69) is 20.6 Å². The summed E-state index contributed by atoms with van der Waals surface area (Å²) in [5.41, 5.74) is 1.95. The lowest BCUT2D eigenvalue weighted by Gasteiger charge is -2.38. The Morgan fingerprint density at radius 2 is 1.97 bits per heavy atom. The second kappa shape index (κ2) is 8.14. The van der Waals surface area contributed by atoms with Crippen LogP contribution in [0.2, 0.25) is 0 Å². The SMILES string of the molecule is CC(=O)N1CC(Nc2ncc3c(n2)CN(C(=O)N[C@H](CO)c2ccccc2)C3(C)C)C1. The van der Waals surface area contributed by atoms with E-state index in [0.717, 1.165) is 16.8 Å². The number of anilines is 1. The van der Waals surface area contributed by atoms with Crippen molar-refractivity contribution in [2.24, 2.45) is 0 Å². The first-order valence-corrected chi connectivity index (χ1v) is 10.4. The molecule has 2 aromatic rings. The van der Waals surface area contributed by atoms with E-state index in [9.17, 15) is 14.7 Å². The molecule has 1 saturated heterocycles. The zero-order valence-corrected chi connectivity index (χ0v) is 18.0. The summed E-state index contributed by atoms with van der Waals surface area (Å²) in [6.45, 7) is 6.91. The molecule has 1 fully saturated rings. The molecule has 2 aliphatic rings. The first-order valence-electron chi connectivity index (χ1n) is 10.4. The number of fused-ring (bicyclic) bond motifs is 1. The van der Waals surface area contributed by atoms with Crippen molar-refractivity contribution in [3.05, 3.63) is 53.3 Å². The van der Waals surface area contributed by atoms with Gasteiger partial charge in [0, 0.05) is 31.8 Å². The van der Waals surface area contributed by atoms with Crippen molar-refractivity contribution in [2.75, 3.05) is 25.0 Å². The Balaban J connectivity index is 1.45. The molecule has 4 rings (SSSR count). The number of nitrogens with one attached hydrogen (secondary N) is 2. The molecule has 0 bridgehead atoms. The van der Waals surface area contributed by atoms with Crippen molar-refractivity contribution >= 4 is 17.9 Å². The van der Waals surface area contributed by atoms with Crippen LogP contribution in [0, 0.1) is 0 Å². The van der Waals surface area contributed by atoms with Gasteiger partial charge in [-0.3, -0.25) is 4.79 Å². The lowest BCUT2D eigenvalue weighted by Crippen LogP contribution is -2.56. The summed E-state index contributed by atoms with van der Waals surface area (Å²) in [7, 11) is 0. The number of aromatic nitrogens is 2. The van der Waals surface area contributed by atoms with Crippen molar-refractivity contribution in [1.82, 2.24) is 25.1 Å². The first kappa shape index (κ1) is 21.0. The van der Waals surface area contributed by atoms with E-state index in [1.807, 2.05) is 44.2 Å². The van der Waals surface area contributed by atoms with Crippen molar-refractivity contribution in [1.29, 1.82) is 0 Å². The second-order valence-electron chi connectivity index (χ2n) is 8.56. The zero-order valence-electron chi connectivity index (χ0n) is 18.0. The van der Waals surface area contributed by atoms with E-state index >= 15 is 0 Å². The van der Waals surface area contributed by atoms with Gasteiger partial charge in [-0.05, 0) is 19.4 Å². The van der Waals surface area contributed by atoms with Crippen molar-refractivity contribution in [3.8, 4) is 0 Å². The third-order valence-electron chi connectivity index (χ3n) is 6.10. The van der Waals surface area contributed by atoms with Gasteiger partial charge in [0.2, 0.25) is 11.9 Å². The smallest absolute Gasteiger partial charge is 0.319 e. The molecule has 1 aromatic heterocycles. The van der Waals surface area contributed by atoms with Crippen LogP contribution < -0.4 is 10.6 Å². The van der Waals surface area contributed by atoms with Crippen LogP contribution in [0.1, 0.15) is 43.6 Å². The van der Waals surface area contributed by atoms with Gasteiger partial charge in [0.05, 0.1) is 36.5 Å². The molecule has 1 aromatic carbocycles. The van der Waals surface area contributed by atoms with E-state index in [4.69, 9.17) is 0 Å². The van der Waals surface area contributed by atoms with Crippen molar-refractivity contribution < 1.29 is 14.7 Å². The molecular weight excluding hydrogens is 396 g/mol. The standard InChI is InChI=1S/C22H28N6O3/c1-14(30)27-10-16(11-27)24-20-23-9-17-18(25-20)12-28(22(17,2)3)21(31)26-19(13-29)15-7-5-4-6-8-15/h4-9,16,19,29H,10-13H2,1-3H3,(H,26,31)(H,23,24,25)/t19-/m1/s1. The maximum Gasteiger partial charge on any atom is 0.319 e. The maximum atomic E-state index is 13.1. The van der Waals surface area contributed by atoms with Crippen LogP contribution >= 0.6 is 0 Å². The number of aliphatic hydroxyl groups excluding tert-OH is 1. The van der Waals surface area contributed by atoms with Crippen LogP contribution in [0.25, 0.3) is 0 Å². The predicted octanol–water partition coefficient (Wildman–Crippen LogP) is 1.61. The molecule has 31 heavy (non-hydrogen) atoms. The van der Waals surface area contributed by atoms with Gasteiger partial charge in [0.1, 0.15) is 0 Å². The maximum absolute atomic E-state index is 13.1. The number of aliphatic hydroxyl groups is 1. The predicted molar refractivity (Wildman–Crippen MR) is 115 cm³/mol. The van der Waals surface area contributed by atoms with E-state index in [1.54, 1.807) is 22.9 Å². The summed E-state index contributed by atoms with van der Waals surface area (Å²) in [5, 5.41) is 16.0. The van der Waals surface area contributed by atoms with Crippen LogP contribution in [0.5, 0.6) is 0 Å². The number of likely N-dealkylation sites (tertiary alicyclic amines) is 1. The summed E-state index contributed by atoms with van der Waals surface area (Å²) in [5.74, 6) is 0.565. The zero-order chi connectivity index (χ0) is 22.2. The Kier molecular flexibility index (Phi) is 5.53. The molecule has 3 N–H and O–H groups in total. The normalized spacial score (nSPS) is 18.2. The van der Waals surface area contributed by atoms with E-state index in [1.165, 1.54) is 0 Å². The average Bonchev–Trinajstić information content (AvgIpc) is 2.99. The fourth-order valence-corrected chi connectivity index (χ4v) is 4.09. The van der Waals surface area contributed by atoms with Gasteiger partial charge in [0.15, 0.2) is 0 Å².